The molecule has 0 saturated carbocycles. The first kappa shape index (κ1) is 20.8. The number of hydrogen-bond acceptors (Lipinski definition) is 7. The number of aliphatic carboxylic acids is 1. The highest BCUT2D eigenvalue weighted by Crippen LogP contribution is 2.23. The molecule has 2 N–H and O–H groups in total. The van der Waals surface area contributed by atoms with Gasteiger partial charge in [-0.1, -0.05) is 23.6 Å². The maximum Gasteiger partial charge on any atom is 0.313 e. The van der Waals surface area contributed by atoms with Crippen LogP contribution in [0.2, 0.25) is 0 Å². The number of nitrogens with zero attached hydrogens (tertiary/aromatic N) is 5. The molecule has 0 unspecified atom stereocenters. The molecule has 0 aromatic carbocycles. The number of fused-ring (bicyclic) bond motifs is 1. The number of imidazole rings is 1. The number of carboxylic acid groups (broad SMARTS) is 1. The van der Waals surface area contributed by atoms with Gasteiger partial charge in [-0.2, -0.15) is 4.98 Å². The van der Waals surface area contributed by atoms with Crippen LogP contribution in [0.4, 0.5) is 5.95 Å². The van der Waals surface area contributed by atoms with Crippen molar-refractivity contribution in [3.63, 3.8) is 0 Å². The summed E-state index contributed by atoms with van der Waals surface area (Å²) in [5, 5.41) is 12.6. The topological polar surface area (TPSA) is 105 Å². The molecule has 9 nitrogen and oxygen atoms in total. The van der Waals surface area contributed by atoms with Crippen LogP contribution in [0.25, 0.3) is 11.2 Å². The molecule has 0 spiro atoms. The highest BCUT2D eigenvalue weighted by atomic mass is 32.2. The van der Waals surface area contributed by atoms with E-state index in [1.165, 1.54) is 4.57 Å². The average molecular weight is 414 g/mol. The summed E-state index contributed by atoms with van der Waals surface area (Å²) in [5.41, 5.74) is 0.367. The quantitative estimate of drug-likeness (QED) is 0.393. The van der Waals surface area contributed by atoms with E-state index in [1.807, 2.05) is 0 Å². The standard InChI is InChI=1S/C19H22N6O3S/c1-3-5-9-24-15-16(21-18(24)23-11-7-20-8-12-23)22-19(29-13-14(26)27)25(17(15)28)10-6-4-2/h20H,7-13H2,1-2H3,(H,26,27). The summed E-state index contributed by atoms with van der Waals surface area (Å²) in [4.78, 5) is 35.6. The van der Waals surface area contributed by atoms with Gasteiger partial charge in [0.15, 0.2) is 16.3 Å². The summed E-state index contributed by atoms with van der Waals surface area (Å²) in [5.74, 6) is 11.0. The maximum absolute atomic E-state index is 13.3. The third-order valence-electron chi connectivity index (χ3n) is 4.36. The lowest BCUT2D eigenvalue weighted by molar-refractivity contribution is -0.133. The van der Waals surface area contributed by atoms with Crippen molar-refractivity contribution in [2.45, 2.75) is 32.1 Å². The van der Waals surface area contributed by atoms with Crippen molar-refractivity contribution in [3.05, 3.63) is 10.4 Å². The summed E-state index contributed by atoms with van der Waals surface area (Å²) in [6.45, 7) is 7.07. The number of carbonyl (C=O) groups is 1. The molecule has 2 aromatic heterocycles. The Hall–Kier alpha value is -2.95. The average Bonchev–Trinajstić information content (AvgIpc) is 3.09. The fraction of sp³-hybridized carbons (Fsp3) is 0.474. The highest BCUT2D eigenvalue weighted by molar-refractivity contribution is 7.99. The Morgan fingerprint density at radius 3 is 2.41 bits per heavy atom. The Morgan fingerprint density at radius 1 is 1.14 bits per heavy atom. The second kappa shape index (κ2) is 9.50. The molecule has 0 atom stereocenters. The van der Waals surface area contributed by atoms with Gasteiger partial charge in [-0.3, -0.25) is 18.7 Å². The highest BCUT2D eigenvalue weighted by Gasteiger charge is 2.23. The van der Waals surface area contributed by atoms with Crippen molar-refractivity contribution in [1.82, 2.24) is 24.4 Å². The van der Waals surface area contributed by atoms with Gasteiger partial charge in [0.05, 0.1) is 18.8 Å². The van der Waals surface area contributed by atoms with E-state index in [1.54, 1.807) is 18.4 Å². The van der Waals surface area contributed by atoms with E-state index in [0.717, 1.165) is 37.9 Å². The molecule has 1 saturated heterocycles. The van der Waals surface area contributed by atoms with E-state index in [9.17, 15) is 9.59 Å². The van der Waals surface area contributed by atoms with Crippen LogP contribution in [0.1, 0.15) is 13.8 Å². The summed E-state index contributed by atoms with van der Waals surface area (Å²) in [6, 6.07) is 0. The molecule has 10 heteroatoms. The lowest BCUT2D eigenvalue weighted by Gasteiger charge is -2.28. The molecule has 3 heterocycles. The predicted octanol–water partition coefficient (Wildman–Crippen LogP) is 0.226. The lowest BCUT2D eigenvalue weighted by Crippen LogP contribution is -2.44. The van der Waals surface area contributed by atoms with Crippen LogP contribution < -0.4 is 15.8 Å². The minimum absolute atomic E-state index is 0.133. The Morgan fingerprint density at radius 2 is 1.79 bits per heavy atom. The maximum atomic E-state index is 13.3. The monoisotopic (exact) mass is 414 g/mol. The zero-order valence-corrected chi connectivity index (χ0v) is 17.2. The molecule has 3 rings (SSSR count). The first-order valence-electron chi connectivity index (χ1n) is 9.17. The number of anilines is 1. The Balaban J connectivity index is 2.20. The number of thioether (sulfide) groups is 1. The molecular formula is C19H22N6O3S. The molecule has 29 heavy (non-hydrogen) atoms. The van der Waals surface area contributed by atoms with Gasteiger partial charge in [0, 0.05) is 26.2 Å². The van der Waals surface area contributed by atoms with E-state index in [4.69, 9.17) is 5.11 Å². The second-order valence-electron chi connectivity index (χ2n) is 6.23. The van der Waals surface area contributed by atoms with Crippen molar-refractivity contribution in [3.8, 4) is 23.7 Å². The molecule has 0 aliphatic carbocycles. The molecule has 0 radical (unpaired) electrons. The van der Waals surface area contributed by atoms with E-state index in [0.29, 0.717) is 28.8 Å². The van der Waals surface area contributed by atoms with Crippen LogP contribution in [0.3, 0.4) is 0 Å². The number of rotatable bonds is 6. The van der Waals surface area contributed by atoms with E-state index in [2.05, 4.69) is 43.9 Å². The molecule has 0 bridgehead atoms. The smallest absolute Gasteiger partial charge is 0.313 e. The Kier molecular flexibility index (Phi) is 6.81. The zero-order chi connectivity index (χ0) is 20.8. The van der Waals surface area contributed by atoms with Gasteiger partial charge in [-0.15, -0.1) is 11.8 Å². The molecule has 152 valence electrons. The van der Waals surface area contributed by atoms with Crippen molar-refractivity contribution >= 4 is 34.8 Å². The molecule has 1 aliphatic heterocycles. The molecular weight excluding hydrogens is 392 g/mol. The van der Waals surface area contributed by atoms with Crippen LogP contribution in [0.5, 0.6) is 0 Å². The van der Waals surface area contributed by atoms with Crippen LogP contribution >= 0.6 is 11.8 Å². The van der Waals surface area contributed by atoms with Gasteiger partial charge in [0.25, 0.3) is 5.56 Å². The van der Waals surface area contributed by atoms with Crippen molar-refractivity contribution < 1.29 is 9.90 Å². The number of piperazine rings is 1. The van der Waals surface area contributed by atoms with E-state index >= 15 is 0 Å². The lowest BCUT2D eigenvalue weighted by atomic mass is 10.4. The first-order chi connectivity index (χ1) is 14.1. The van der Waals surface area contributed by atoms with Gasteiger partial charge in [-0.25, -0.2) is 4.98 Å². The van der Waals surface area contributed by atoms with Gasteiger partial charge >= 0.3 is 5.97 Å². The SMILES string of the molecule is CC#CCn1c(SCC(=O)O)nc2nc(N3CCNCC3)n(CC#CC)c2c1=O. The number of hydrogen-bond donors (Lipinski definition) is 2. The summed E-state index contributed by atoms with van der Waals surface area (Å²) in [7, 11) is 0. The minimum atomic E-state index is -0.984. The third-order valence-corrected chi connectivity index (χ3v) is 5.32. The summed E-state index contributed by atoms with van der Waals surface area (Å²) in [6.07, 6.45) is 0. The van der Waals surface area contributed by atoms with E-state index in [-0.39, 0.29) is 17.9 Å². The minimum Gasteiger partial charge on any atom is -0.481 e. The van der Waals surface area contributed by atoms with E-state index < -0.39 is 5.97 Å². The molecule has 2 aromatic rings. The first-order valence-corrected chi connectivity index (χ1v) is 10.2. The molecule has 1 fully saturated rings. The number of aromatic nitrogens is 4. The van der Waals surface area contributed by atoms with Crippen molar-refractivity contribution in [2.75, 3.05) is 36.8 Å². The third kappa shape index (κ3) is 4.56. The number of nitrogens with one attached hydrogen (secondary N) is 1. The van der Waals surface area contributed by atoms with Crippen molar-refractivity contribution in [2.24, 2.45) is 0 Å². The number of carboxylic acids is 1. The fourth-order valence-electron chi connectivity index (χ4n) is 3.03. The fourth-order valence-corrected chi connectivity index (χ4v) is 3.74. The Labute approximate surface area is 172 Å². The van der Waals surface area contributed by atoms with Gasteiger partial charge in [-0.05, 0) is 13.8 Å². The Bertz CT molecular complexity index is 1090. The van der Waals surface area contributed by atoms with Crippen LogP contribution in [-0.4, -0.2) is 62.1 Å². The molecule has 0 amide bonds. The predicted molar refractivity (Wildman–Crippen MR) is 112 cm³/mol. The molecule has 1 aliphatic rings. The van der Waals surface area contributed by atoms with Gasteiger partial charge < -0.3 is 15.3 Å². The normalized spacial score (nSPS) is 13.5. The van der Waals surface area contributed by atoms with Crippen LogP contribution in [0.15, 0.2) is 9.95 Å². The van der Waals surface area contributed by atoms with Crippen molar-refractivity contribution in [1.29, 1.82) is 0 Å². The second-order valence-corrected chi connectivity index (χ2v) is 7.17. The van der Waals surface area contributed by atoms with Crippen LogP contribution in [-0.2, 0) is 17.9 Å². The summed E-state index contributed by atoms with van der Waals surface area (Å²) >= 11 is 0.987. The van der Waals surface area contributed by atoms with Crippen LogP contribution in [0, 0.1) is 23.7 Å². The zero-order valence-electron chi connectivity index (χ0n) is 16.4. The summed E-state index contributed by atoms with van der Waals surface area (Å²) < 4.78 is 3.21. The van der Waals surface area contributed by atoms with Gasteiger partial charge in [0.1, 0.15) is 0 Å². The largest absolute Gasteiger partial charge is 0.481 e. The van der Waals surface area contributed by atoms with Gasteiger partial charge in [0.2, 0.25) is 5.95 Å².